The molecular weight excluding hydrogens is 442 g/mol. The van der Waals surface area contributed by atoms with Crippen molar-refractivity contribution in [2.75, 3.05) is 28.6 Å². The summed E-state index contributed by atoms with van der Waals surface area (Å²) in [6, 6.07) is 7.59. The standard InChI is InChI=1S/C21H20ClN11/c1-13-12-33-19(26-13)8-16(10-25-33)28-21-24-11-17(22)20(29-21)27-14-4-6-32(7-5-14)18-3-2-15(9-23)30-31-18/h2-3,8,10-12,14H,4-7H2,1H3,(H2,24,27,28,29). The summed E-state index contributed by atoms with van der Waals surface area (Å²) in [6.07, 6.45) is 6.89. The fourth-order valence-corrected chi connectivity index (χ4v) is 3.87. The average Bonchev–Trinajstić information content (AvgIpc) is 3.21. The lowest BCUT2D eigenvalue weighted by molar-refractivity contribution is 0.521. The first-order chi connectivity index (χ1) is 16.1. The fraction of sp³-hybridized carbons (Fsp3) is 0.286. The van der Waals surface area contributed by atoms with E-state index >= 15 is 0 Å². The van der Waals surface area contributed by atoms with E-state index in [2.05, 4.69) is 45.8 Å². The summed E-state index contributed by atoms with van der Waals surface area (Å²) < 4.78 is 1.71. The van der Waals surface area contributed by atoms with E-state index in [1.807, 2.05) is 31.3 Å². The van der Waals surface area contributed by atoms with E-state index < -0.39 is 0 Å². The van der Waals surface area contributed by atoms with Crippen LogP contribution in [-0.2, 0) is 0 Å². The molecule has 33 heavy (non-hydrogen) atoms. The topological polar surface area (TPSA) is 133 Å². The van der Waals surface area contributed by atoms with Gasteiger partial charge in [0.2, 0.25) is 5.95 Å². The average molecular weight is 462 g/mol. The summed E-state index contributed by atoms with van der Waals surface area (Å²) in [5.74, 6) is 1.77. The molecule has 12 heteroatoms. The maximum absolute atomic E-state index is 8.87. The minimum Gasteiger partial charge on any atom is -0.366 e. The van der Waals surface area contributed by atoms with Gasteiger partial charge in [0, 0.05) is 25.2 Å². The molecule has 1 fully saturated rings. The van der Waals surface area contributed by atoms with Gasteiger partial charge in [0.05, 0.1) is 30.0 Å². The van der Waals surface area contributed by atoms with Gasteiger partial charge < -0.3 is 15.5 Å². The number of halogens is 1. The van der Waals surface area contributed by atoms with Crippen LogP contribution in [0.2, 0.25) is 5.02 Å². The third-order valence-corrected chi connectivity index (χ3v) is 5.64. The Morgan fingerprint density at radius 1 is 1.15 bits per heavy atom. The quantitative estimate of drug-likeness (QED) is 0.456. The van der Waals surface area contributed by atoms with E-state index in [1.165, 1.54) is 0 Å². The first-order valence-electron chi connectivity index (χ1n) is 10.4. The van der Waals surface area contributed by atoms with Crippen molar-refractivity contribution in [2.45, 2.75) is 25.8 Å². The lowest BCUT2D eigenvalue weighted by Gasteiger charge is -2.33. The van der Waals surface area contributed by atoms with Crippen LogP contribution >= 0.6 is 11.6 Å². The number of hydrogen-bond acceptors (Lipinski definition) is 10. The van der Waals surface area contributed by atoms with Crippen molar-refractivity contribution in [3.63, 3.8) is 0 Å². The number of fused-ring (bicyclic) bond motifs is 1. The normalized spacial score (nSPS) is 14.3. The van der Waals surface area contributed by atoms with Crippen LogP contribution in [0.25, 0.3) is 5.65 Å². The van der Waals surface area contributed by atoms with Gasteiger partial charge in [0.15, 0.2) is 23.0 Å². The fourth-order valence-electron chi connectivity index (χ4n) is 3.72. The van der Waals surface area contributed by atoms with Crippen LogP contribution in [0.3, 0.4) is 0 Å². The van der Waals surface area contributed by atoms with Crippen LogP contribution < -0.4 is 15.5 Å². The van der Waals surface area contributed by atoms with Gasteiger partial charge in [-0.15, -0.1) is 10.2 Å². The molecule has 0 atom stereocenters. The largest absolute Gasteiger partial charge is 0.366 e. The van der Waals surface area contributed by atoms with Gasteiger partial charge >= 0.3 is 0 Å². The first kappa shape index (κ1) is 20.8. The number of rotatable bonds is 5. The minimum absolute atomic E-state index is 0.207. The molecule has 0 amide bonds. The molecule has 0 radical (unpaired) electrons. The zero-order valence-electron chi connectivity index (χ0n) is 17.8. The third-order valence-electron chi connectivity index (χ3n) is 5.37. The molecule has 0 bridgehead atoms. The van der Waals surface area contributed by atoms with Gasteiger partial charge in [-0.05, 0) is 31.9 Å². The van der Waals surface area contributed by atoms with E-state index in [0.717, 1.165) is 48.8 Å². The van der Waals surface area contributed by atoms with Crippen molar-refractivity contribution in [3.8, 4) is 6.07 Å². The van der Waals surface area contributed by atoms with E-state index in [0.29, 0.717) is 22.5 Å². The first-order valence-corrected chi connectivity index (χ1v) is 10.8. The zero-order chi connectivity index (χ0) is 22.8. The molecule has 11 nitrogen and oxygen atoms in total. The maximum Gasteiger partial charge on any atom is 0.229 e. The Morgan fingerprint density at radius 2 is 2.00 bits per heavy atom. The highest BCUT2D eigenvalue weighted by atomic mass is 35.5. The van der Waals surface area contributed by atoms with Gasteiger partial charge in [-0.3, -0.25) is 0 Å². The molecule has 1 aliphatic heterocycles. The molecule has 5 rings (SSSR count). The molecule has 0 aromatic carbocycles. The van der Waals surface area contributed by atoms with Crippen LogP contribution in [0.5, 0.6) is 0 Å². The zero-order valence-corrected chi connectivity index (χ0v) is 18.5. The second kappa shape index (κ2) is 8.84. The van der Waals surface area contributed by atoms with Crippen LogP contribution in [0.4, 0.5) is 23.3 Å². The Kier molecular flexibility index (Phi) is 5.58. The molecule has 0 saturated carbocycles. The Morgan fingerprint density at radius 3 is 2.76 bits per heavy atom. The second-order valence-corrected chi connectivity index (χ2v) is 8.15. The molecule has 0 aliphatic carbocycles. The lowest BCUT2D eigenvalue weighted by atomic mass is 10.1. The Bertz CT molecular complexity index is 1320. The number of anilines is 4. The number of aryl methyl sites for hydroxylation is 1. The molecule has 4 aromatic rings. The molecule has 1 saturated heterocycles. The van der Waals surface area contributed by atoms with Crippen molar-refractivity contribution in [1.29, 1.82) is 5.26 Å². The van der Waals surface area contributed by atoms with Crippen LogP contribution in [-0.4, -0.2) is 53.9 Å². The van der Waals surface area contributed by atoms with Gasteiger partial charge in [-0.2, -0.15) is 15.3 Å². The molecule has 166 valence electrons. The SMILES string of the molecule is Cc1cn2ncc(Nc3ncc(Cl)c(NC4CCN(c5ccc(C#N)nn5)CC4)n3)cc2n1. The third kappa shape index (κ3) is 4.61. The molecule has 0 spiro atoms. The number of aromatic nitrogens is 7. The summed E-state index contributed by atoms with van der Waals surface area (Å²) in [5, 5.41) is 28.3. The highest BCUT2D eigenvalue weighted by Gasteiger charge is 2.22. The van der Waals surface area contributed by atoms with E-state index in [9.17, 15) is 0 Å². The Labute approximate surface area is 194 Å². The number of hydrogen-bond donors (Lipinski definition) is 2. The second-order valence-electron chi connectivity index (χ2n) is 7.74. The predicted octanol–water partition coefficient (Wildman–Crippen LogP) is 2.97. The molecule has 1 aliphatic rings. The predicted molar refractivity (Wildman–Crippen MR) is 124 cm³/mol. The maximum atomic E-state index is 8.87. The van der Waals surface area contributed by atoms with E-state index in [1.54, 1.807) is 23.0 Å². The Hall–Kier alpha value is -4.04. The minimum atomic E-state index is 0.207. The van der Waals surface area contributed by atoms with Crippen LogP contribution in [0.15, 0.2) is 36.8 Å². The van der Waals surface area contributed by atoms with Gasteiger partial charge in [-0.25, -0.2) is 14.5 Å². The number of piperidine rings is 1. The van der Waals surface area contributed by atoms with Crippen molar-refractivity contribution in [2.24, 2.45) is 0 Å². The summed E-state index contributed by atoms with van der Waals surface area (Å²) >= 11 is 6.36. The molecule has 0 unspecified atom stereocenters. The van der Waals surface area contributed by atoms with Crippen LogP contribution in [0.1, 0.15) is 24.2 Å². The van der Waals surface area contributed by atoms with E-state index in [-0.39, 0.29) is 6.04 Å². The van der Waals surface area contributed by atoms with E-state index in [4.69, 9.17) is 16.9 Å². The molecule has 4 aromatic heterocycles. The summed E-state index contributed by atoms with van der Waals surface area (Å²) in [7, 11) is 0. The molecule has 2 N–H and O–H groups in total. The van der Waals surface area contributed by atoms with Crippen molar-refractivity contribution in [3.05, 3.63) is 53.2 Å². The molecular formula is C21H20ClN11. The lowest BCUT2D eigenvalue weighted by Crippen LogP contribution is -2.39. The number of nitriles is 1. The molecule has 5 heterocycles. The monoisotopic (exact) mass is 461 g/mol. The van der Waals surface area contributed by atoms with Crippen LogP contribution in [0, 0.1) is 18.3 Å². The number of nitrogens with zero attached hydrogens (tertiary/aromatic N) is 9. The summed E-state index contributed by atoms with van der Waals surface area (Å²) in [4.78, 5) is 15.4. The summed E-state index contributed by atoms with van der Waals surface area (Å²) in [6.45, 7) is 3.53. The van der Waals surface area contributed by atoms with Gasteiger partial charge in [-0.1, -0.05) is 11.6 Å². The smallest absolute Gasteiger partial charge is 0.229 e. The highest BCUT2D eigenvalue weighted by Crippen LogP contribution is 2.25. The van der Waals surface area contributed by atoms with Crippen molar-refractivity contribution >= 4 is 40.5 Å². The van der Waals surface area contributed by atoms with Gasteiger partial charge in [0.1, 0.15) is 11.1 Å². The Balaban J connectivity index is 1.23. The highest BCUT2D eigenvalue weighted by molar-refractivity contribution is 6.32. The number of nitrogens with one attached hydrogen (secondary N) is 2. The van der Waals surface area contributed by atoms with Crippen molar-refractivity contribution in [1.82, 2.24) is 34.8 Å². The number of imidazole rings is 1. The van der Waals surface area contributed by atoms with Crippen molar-refractivity contribution < 1.29 is 0 Å². The summed E-state index contributed by atoms with van der Waals surface area (Å²) in [5.41, 5.74) is 2.68. The van der Waals surface area contributed by atoms with Gasteiger partial charge in [0.25, 0.3) is 0 Å².